The number of amides is 1. The standard InChI is InChI=1S/C25H31ClN4O2/c1-25(2,3)32-24(31)29-14-12-20(13-15-29)28(4)23-27-21-10-5-6-11-22(21)30(23)17-18-8-7-9-19(26)16-18/h5-11,16,20H,12-15,17H2,1-4H3. The molecule has 0 atom stereocenters. The molecule has 1 amide bonds. The van der Waals surface area contributed by atoms with Crippen molar-refractivity contribution < 1.29 is 9.53 Å². The minimum absolute atomic E-state index is 0.230. The maximum atomic E-state index is 12.4. The molecule has 0 spiro atoms. The number of hydrogen-bond acceptors (Lipinski definition) is 4. The van der Waals surface area contributed by atoms with Crippen molar-refractivity contribution >= 4 is 34.7 Å². The van der Waals surface area contributed by atoms with Crippen LogP contribution < -0.4 is 4.90 Å². The van der Waals surface area contributed by atoms with E-state index >= 15 is 0 Å². The van der Waals surface area contributed by atoms with E-state index in [1.807, 2.05) is 62.1 Å². The maximum Gasteiger partial charge on any atom is 0.410 e. The number of nitrogens with zero attached hydrogens (tertiary/aromatic N) is 4. The van der Waals surface area contributed by atoms with E-state index in [0.29, 0.717) is 25.7 Å². The summed E-state index contributed by atoms with van der Waals surface area (Å²) in [5.41, 5.74) is 2.73. The molecule has 1 fully saturated rings. The van der Waals surface area contributed by atoms with Crippen molar-refractivity contribution in [2.24, 2.45) is 0 Å². The largest absolute Gasteiger partial charge is 0.444 e. The molecule has 1 saturated heterocycles. The first-order chi connectivity index (χ1) is 15.2. The first-order valence-electron chi connectivity index (χ1n) is 11.1. The van der Waals surface area contributed by atoms with E-state index in [1.54, 1.807) is 0 Å². The van der Waals surface area contributed by atoms with E-state index in [2.05, 4.69) is 28.6 Å². The molecule has 1 aliphatic rings. The summed E-state index contributed by atoms with van der Waals surface area (Å²) in [6.07, 6.45) is 1.51. The van der Waals surface area contributed by atoms with E-state index in [4.69, 9.17) is 21.3 Å². The van der Waals surface area contributed by atoms with Crippen LogP contribution in [0.25, 0.3) is 11.0 Å². The molecule has 0 radical (unpaired) electrons. The van der Waals surface area contributed by atoms with Crippen molar-refractivity contribution in [2.75, 3.05) is 25.0 Å². The normalized spacial score (nSPS) is 15.2. The first-order valence-corrected chi connectivity index (χ1v) is 11.5. The number of ether oxygens (including phenoxy) is 1. The van der Waals surface area contributed by atoms with Crippen LogP contribution in [0.1, 0.15) is 39.2 Å². The molecule has 170 valence electrons. The summed E-state index contributed by atoms with van der Waals surface area (Å²) in [6.45, 7) is 7.75. The lowest BCUT2D eigenvalue weighted by Gasteiger charge is -2.37. The summed E-state index contributed by atoms with van der Waals surface area (Å²) in [6, 6.07) is 16.5. The smallest absolute Gasteiger partial charge is 0.410 e. The molecule has 3 aromatic rings. The number of piperidine rings is 1. The Bertz CT molecular complexity index is 1100. The van der Waals surface area contributed by atoms with Gasteiger partial charge < -0.3 is 19.1 Å². The average Bonchev–Trinajstić information content (AvgIpc) is 3.10. The number of carbonyl (C=O) groups excluding carboxylic acids is 1. The Hall–Kier alpha value is -2.73. The van der Waals surface area contributed by atoms with Gasteiger partial charge in [0.05, 0.1) is 17.6 Å². The van der Waals surface area contributed by atoms with Gasteiger partial charge in [-0.2, -0.15) is 0 Å². The molecule has 0 bridgehead atoms. The molecule has 0 saturated carbocycles. The summed E-state index contributed by atoms with van der Waals surface area (Å²) >= 11 is 6.23. The van der Waals surface area contributed by atoms with Crippen molar-refractivity contribution in [3.05, 3.63) is 59.1 Å². The number of hydrogen-bond donors (Lipinski definition) is 0. The third-order valence-corrected chi connectivity index (χ3v) is 6.08. The molecular weight excluding hydrogens is 424 g/mol. The van der Waals surface area contributed by atoms with E-state index in [0.717, 1.165) is 40.4 Å². The number of imidazole rings is 1. The van der Waals surface area contributed by atoms with Crippen molar-refractivity contribution in [3.63, 3.8) is 0 Å². The third-order valence-electron chi connectivity index (χ3n) is 5.84. The van der Waals surface area contributed by atoms with Gasteiger partial charge in [0, 0.05) is 31.2 Å². The van der Waals surface area contributed by atoms with Crippen LogP contribution in [0.2, 0.25) is 5.02 Å². The number of benzene rings is 2. The summed E-state index contributed by atoms with van der Waals surface area (Å²) in [7, 11) is 2.10. The fourth-order valence-electron chi connectivity index (χ4n) is 4.23. The number of halogens is 1. The summed E-state index contributed by atoms with van der Waals surface area (Å²) in [4.78, 5) is 21.5. The van der Waals surface area contributed by atoms with E-state index < -0.39 is 5.60 Å². The van der Waals surface area contributed by atoms with Gasteiger partial charge in [0.15, 0.2) is 0 Å². The minimum Gasteiger partial charge on any atom is -0.444 e. The van der Waals surface area contributed by atoms with Gasteiger partial charge in [-0.15, -0.1) is 0 Å². The first kappa shape index (κ1) is 22.5. The predicted octanol–water partition coefficient (Wildman–Crippen LogP) is 5.57. The van der Waals surface area contributed by atoms with Crippen LogP contribution in [-0.2, 0) is 11.3 Å². The predicted molar refractivity (Wildman–Crippen MR) is 130 cm³/mol. The zero-order chi connectivity index (χ0) is 22.9. The fourth-order valence-corrected chi connectivity index (χ4v) is 4.44. The van der Waals surface area contributed by atoms with Gasteiger partial charge in [-0.3, -0.25) is 0 Å². The molecule has 6 nitrogen and oxygen atoms in total. The monoisotopic (exact) mass is 454 g/mol. The fraction of sp³-hybridized carbons (Fsp3) is 0.440. The molecule has 7 heteroatoms. The average molecular weight is 455 g/mol. The highest BCUT2D eigenvalue weighted by molar-refractivity contribution is 6.30. The number of anilines is 1. The molecule has 0 aliphatic carbocycles. The van der Waals surface area contributed by atoms with E-state index in [9.17, 15) is 4.79 Å². The van der Waals surface area contributed by atoms with Gasteiger partial charge in [-0.05, 0) is 63.4 Å². The highest BCUT2D eigenvalue weighted by Crippen LogP contribution is 2.28. The van der Waals surface area contributed by atoms with Crippen LogP contribution in [0.3, 0.4) is 0 Å². The molecular formula is C25H31ClN4O2. The number of para-hydroxylation sites is 2. The lowest BCUT2D eigenvalue weighted by molar-refractivity contribution is 0.0205. The van der Waals surface area contributed by atoms with Gasteiger partial charge >= 0.3 is 6.09 Å². The second-order valence-corrected chi connectivity index (χ2v) is 9.86. The number of rotatable bonds is 4. The minimum atomic E-state index is -0.476. The Labute approximate surface area is 194 Å². The number of carbonyl (C=O) groups is 1. The molecule has 1 aliphatic heterocycles. The Balaban J connectivity index is 1.54. The van der Waals surface area contributed by atoms with E-state index in [-0.39, 0.29) is 6.09 Å². The van der Waals surface area contributed by atoms with Crippen LogP contribution in [0.15, 0.2) is 48.5 Å². The Morgan fingerprint density at radius 2 is 1.88 bits per heavy atom. The number of fused-ring (bicyclic) bond motifs is 1. The van der Waals surface area contributed by atoms with Gasteiger partial charge in [-0.1, -0.05) is 35.9 Å². The number of aromatic nitrogens is 2. The molecule has 1 aromatic heterocycles. The van der Waals surface area contributed by atoms with Crippen molar-refractivity contribution in [1.29, 1.82) is 0 Å². The maximum absolute atomic E-state index is 12.4. The zero-order valence-corrected chi connectivity index (χ0v) is 20.0. The van der Waals surface area contributed by atoms with Gasteiger partial charge in [0.2, 0.25) is 5.95 Å². The second kappa shape index (κ2) is 9.02. The SMILES string of the molecule is CN(c1nc2ccccc2n1Cc1cccc(Cl)c1)C1CCN(C(=O)OC(C)(C)C)CC1. The third kappa shape index (κ3) is 5.01. The van der Waals surface area contributed by atoms with Crippen molar-refractivity contribution in [1.82, 2.24) is 14.5 Å². The summed E-state index contributed by atoms with van der Waals surface area (Å²) in [5.74, 6) is 0.932. The molecule has 2 heterocycles. The Morgan fingerprint density at radius 3 is 2.56 bits per heavy atom. The van der Waals surface area contributed by atoms with Crippen LogP contribution in [0.5, 0.6) is 0 Å². The molecule has 2 aromatic carbocycles. The van der Waals surface area contributed by atoms with Crippen molar-refractivity contribution in [3.8, 4) is 0 Å². The van der Waals surface area contributed by atoms with Crippen LogP contribution in [-0.4, -0.2) is 52.3 Å². The topological polar surface area (TPSA) is 50.6 Å². The lowest BCUT2D eigenvalue weighted by Crippen LogP contribution is -2.47. The zero-order valence-electron chi connectivity index (χ0n) is 19.2. The summed E-state index contributed by atoms with van der Waals surface area (Å²) < 4.78 is 7.79. The highest BCUT2D eigenvalue weighted by Gasteiger charge is 2.30. The quantitative estimate of drug-likeness (QED) is 0.516. The molecule has 4 rings (SSSR count). The van der Waals surface area contributed by atoms with E-state index in [1.165, 1.54) is 0 Å². The van der Waals surface area contributed by atoms with Gasteiger partial charge in [0.25, 0.3) is 0 Å². The number of likely N-dealkylation sites (tertiary alicyclic amines) is 1. The molecule has 0 N–H and O–H groups in total. The Morgan fingerprint density at radius 1 is 1.16 bits per heavy atom. The van der Waals surface area contributed by atoms with Crippen LogP contribution in [0, 0.1) is 0 Å². The molecule has 32 heavy (non-hydrogen) atoms. The lowest BCUT2D eigenvalue weighted by atomic mass is 10.0. The highest BCUT2D eigenvalue weighted by atomic mass is 35.5. The second-order valence-electron chi connectivity index (χ2n) is 9.43. The van der Waals surface area contributed by atoms with Crippen LogP contribution in [0.4, 0.5) is 10.7 Å². The van der Waals surface area contributed by atoms with Crippen molar-refractivity contribution in [2.45, 2.75) is 51.8 Å². The summed E-state index contributed by atoms with van der Waals surface area (Å²) in [5, 5.41) is 0.733. The van der Waals surface area contributed by atoms with Gasteiger partial charge in [0.1, 0.15) is 5.60 Å². The molecule has 0 unspecified atom stereocenters. The Kier molecular flexibility index (Phi) is 6.33. The van der Waals surface area contributed by atoms with Crippen LogP contribution >= 0.6 is 11.6 Å². The van der Waals surface area contributed by atoms with Gasteiger partial charge in [-0.25, -0.2) is 9.78 Å².